The van der Waals surface area contributed by atoms with Crippen molar-refractivity contribution in [3.63, 3.8) is 0 Å². The van der Waals surface area contributed by atoms with Crippen molar-refractivity contribution in [2.24, 2.45) is 0 Å². The topological polar surface area (TPSA) is 49.3 Å². The molecule has 3 nitrogen and oxygen atoms in total. The van der Waals surface area contributed by atoms with E-state index in [0.717, 1.165) is 0 Å². The van der Waals surface area contributed by atoms with E-state index in [1.54, 1.807) is 13.0 Å². The lowest BCUT2D eigenvalue weighted by atomic mass is 10.3. The summed E-state index contributed by atoms with van der Waals surface area (Å²) in [6.07, 6.45) is 0. The molecule has 1 aromatic rings. The minimum atomic E-state index is -0.181. The zero-order valence-corrected chi connectivity index (χ0v) is 7.60. The van der Waals surface area contributed by atoms with E-state index in [4.69, 9.17) is 5.11 Å². The van der Waals surface area contributed by atoms with Gasteiger partial charge in [-0.25, -0.2) is 0 Å². The van der Waals surface area contributed by atoms with E-state index in [1.807, 2.05) is 11.4 Å². The average molecular weight is 185 g/mol. The largest absolute Gasteiger partial charge is 0.394 e. The SMILES string of the molecule is CC(CO)NC(=O)c1cccs1. The lowest BCUT2D eigenvalue weighted by molar-refractivity contribution is 0.0926. The number of nitrogens with one attached hydrogen (secondary N) is 1. The van der Waals surface area contributed by atoms with Crippen LogP contribution in [0.3, 0.4) is 0 Å². The normalized spacial score (nSPS) is 12.5. The fourth-order valence-electron chi connectivity index (χ4n) is 0.748. The minimum Gasteiger partial charge on any atom is -0.394 e. The number of amides is 1. The van der Waals surface area contributed by atoms with E-state index in [0.29, 0.717) is 4.88 Å². The predicted octanol–water partition coefficient (Wildman–Crippen LogP) is 0.859. The van der Waals surface area contributed by atoms with Crippen molar-refractivity contribution in [2.45, 2.75) is 13.0 Å². The van der Waals surface area contributed by atoms with Crippen LogP contribution in [-0.4, -0.2) is 23.7 Å². The second kappa shape index (κ2) is 4.23. The van der Waals surface area contributed by atoms with E-state index < -0.39 is 0 Å². The van der Waals surface area contributed by atoms with E-state index in [1.165, 1.54) is 11.3 Å². The summed E-state index contributed by atoms with van der Waals surface area (Å²) in [6.45, 7) is 1.72. The Kier molecular flexibility index (Phi) is 3.25. The van der Waals surface area contributed by atoms with Gasteiger partial charge in [0.1, 0.15) is 0 Å². The molecule has 1 atom stereocenters. The van der Waals surface area contributed by atoms with Crippen LogP contribution in [0.5, 0.6) is 0 Å². The first kappa shape index (κ1) is 9.22. The van der Waals surface area contributed by atoms with Crippen molar-refractivity contribution < 1.29 is 9.90 Å². The van der Waals surface area contributed by atoms with Crippen LogP contribution in [0, 0.1) is 0 Å². The van der Waals surface area contributed by atoms with Crippen molar-refractivity contribution >= 4 is 17.2 Å². The van der Waals surface area contributed by atoms with Crippen LogP contribution in [0.4, 0.5) is 0 Å². The highest BCUT2D eigenvalue weighted by Gasteiger charge is 2.08. The zero-order chi connectivity index (χ0) is 8.97. The van der Waals surface area contributed by atoms with Gasteiger partial charge in [0.05, 0.1) is 11.5 Å². The van der Waals surface area contributed by atoms with E-state index >= 15 is 0 Å². The molecule has 0 bridgehead atoms. The summed E-state index contributed by atoms with van der Waals surface area (Å²) in [4.78, 5) is 11.9. The molecule has 1 amide bonds. The van der Waals surface area contributed by atoms with Crippen molar-refractivity contribution in [2.75, 3.05) is 6.61 Å². The number of rotatable bonds is 3. The van der Waals surface area contributed by atoms with Gasteiger partial charge >= 0.3 is 0 Å². The summed E-state index contributed by atoms with van der Waals surface area (Å²) < 4.78 is 0. The molecule has 1 aromatic heterocycles. The molecule has 0 aliphatic carbocycles. The number of hydrogen-bond donors (Lipinski definition) is 2. The Morgan fingerprint density at radius 3 is 3.08 bits per heavy atom. The molecule has 1 heterocycles. The third-order valence-corrected chi connectivity index (χ3v) is 2.26. The smallest absolute Gasteiger partial charge is 0.261 e. The number of thiophene rings is 1. The standard InChI is InChI=1S/C8H11NO2S/c1-6(5-10)9-8(11)7-3-2-4-12-7/h2-4,6,10H,5H2,1H3,(H,9,11). The van der Waals surface area contributed by atoms with Gasteiger partial charge in [-0.2, -0.15) is 0 Å². The van der Waals surface area contributed by atoms with Crippen LogP contribution < -0.4 is 5.32 Å². The summed E-state index contributed by atoms with van der Waals surface area (Å²) in [5.41, 5.74) is 0. The molecule has 0 aromatic carbocycles. The highest BCUT2D eigenvalue weighted by molar-refractivity contribution is 7.12. The van der Waals surface area contributed by atoms with E-state index in [9.17, 15) is 4.79 Å². The molecule has 0 saturated heterocycles. The van der Waals surface area contributed by atoms with Crippen molar-refractivity contribution in [3.05, 3.63) is 22.4 Å². The molecule has 1 rings (SSSR count). The third kappa shape index (κ3) is 2.32. The van der Waals surface area contributed by atoms with Crippen LogP contribution in [-0.2, 0) is 0 Å². The van der Waals surface area contributed by atoms with Gasteiger partial charge in [0, 0.05) is 6.04 Å². The molecule has 4 heteroatoms. The lowest BCUT2D eigenvalue weighted by Gasteiger charge is -2.08. The van der Waals surface area contributed by atoms with Crippen LogP contribution in [0.25, 0.3) is 0 Å². The maximum atomic E-state index is 11.3. The molecule has 66 valence electrons. The van der Waals surface area contributed by atoms with Crippen LogP contribution in [0.15, 0.2) is 17.5 Å². The molecule has 12 heavy (non-hydrogen) atoms. The van der Waals surface area contributed by atoms with Gasteiger partial charge in [-0.05, 0) is 18.4 Å². The number of aliphatic hydroxyl groups excluding tert-OH is 1. The number of carbonyl (C=O) groups excluding carboxylic acids is 1. The fraction of sp³-hybridized carbons (Fsp3) is 0.375. The first-order chi connectivity index (χ1) is 5.74. The van der Waals surface area contributed by atoms with Gasteiger partial charge in [-0.1, -0.05) is 6.07 Å². The molecule has 2 N–H and O–H groups in total. The van der Waals surface area contributed by atoms with Gasteiger partial charge < -0.3 is 10.4 Å². The third-order valence-electron chi connectivity index (χ3n) is 1.40. The quantitative estimate of drug-likeness (QED) is 0.733. The summed E-state index contributed by atoms with van der Waals surface area (Å²) in [7, 11) is 0. The van der Waals surface area contributed by atoms with Crippen molar-refractivity contribution in [1.29, 1.82) is 0 Å². The molecule has 0 aliphatic heterocycles. The minimum absolute atomic E-state index is 0.0306. The second-order valence-electron chi connectivity index (χ2n) is 2.53. The average Bonchev–Trinajstić information content (AvgIpc) is 2.56. The molecule has 0 fully saturated rings. The Hall–Kier alpha value is -0.870. The Balaban J connectivity index is 2.50. The van der Waals surface area contributed by atoms with Gasteiger partial charge in [0.2, 0.25) is 0 Å². The van der Waals surface area contributed by atoms with Gasteiger partial charge in [-0.3, -0.25) is 4.79 Å². The molecular formula is C8H11NO2S. The second-order valence-corrected chi connectivity index (χ2v) is 3.48. The Bertz CT molecular complexity index is 246. The number of hydrogen-bond acceptors (Lipinski definition) is 3. The number of aliphatic hydroxyl groups is 1. The molecular weight excluding hydrogens is 174 g/mol. The lowest BCUT2D eigenvalue weighted by Crippen LogP contribution is -2.34. The molecule has 0 radical (unpaired) electrons. The highest BCUT2D eigenvalue weighted by atomic mass is 32.1. The van der Waals surface area contributed by atoms with Crippen molar-refractivity contribution in [3.8, 4) is 0 Å². The molecule has 0 spiro atoms. The fourth-order valence-corrected chi connectivity index (χ4v) is 1.38. The van der Waals surface area contributed by atoms with E-state index in [-0.39, 0.29) is 18.6 Å². The summed E-state index contributed by atoms with van der Waals surface area (Å²) in [6, 6.07) is 3.40. The van der Waals surface area contributed by atoms with Gasteiger partial charge in [0.15, 0.2) is 0 Å². The van der Waals surface area contributed by atoms with E-state index in [2.05, 4.69) is 5.32 Å². The van der Waals surface area contributed by atoms with Crippen molar-refractivity contribution in [1.82, 2.24) is 5.32 Å². The predicted molar refractivity (Wildman–Crippen MR) is 48.3 cm³/mol. The van der Waals surface area contributed by atoms with Crippen LogP contribution in [0.2, 0.25) is 0 Å². The van der Waals surface area contributed by atoms with Gasteiger partial charge in [0.25, 0.3) is 5.91 Å². The monoisotopic (exact) mass is 185 g/mol. The van der Waals surface area contributed by atoms with Crippen LogP contribution >= 0.6 is 11.3 Å². The molecule has 0 aliphatic rings. The number of carbonyl (C=O) groups is 1. The Morgan fingerprint density at radius 2 is 2.58 bits per heavy atom. The Morgan fingerprint density at radius 1 is 1.83 bits per heavy atom. The van der Waals surface area contributed by atoms with Crippen LogP contribution in [0.1, 0.15) is 16.6 Å². The highest BCUT2D eigenvalue weighted by Crippen LogP contribution is 2.07. The summed E-state index contributed by atoms with van der Waals surface area (Å²) in [5, 5.41) is 13.2. The zero-order valence-electron chi connectivity index (χ0n) is 6.78. The first-order valence-electron chi connectivity index (χ1n) is 3.69. The maximum absolute atomic E-state index is 11.3. The summed E-state index contributed by atoms with van der Waals surface area (Å²) >= 11 is 1.39. The van der Waals surface area contributed by atoms with Gasteiger partial charge in [-0.15, -0.1) is 11.3 Å². The summed E-state index contributed by atoms with van der Waals surface area (Å²) in [5.74, 6) is -0.119. The molecule has 0 saturated carbocycles. The maximum Gasteiger partial charge on any atom is 0.261 e. The Labute approximate surface area is 75.0 Å². The molecule has 1 unspecified atom stereocenters. The first-order valence-corrected chi connectivity index (χ1v) is 4.57.